The van der Waals surface area contributed by atoms with Gasteiger partial charge in [-0.1, -0.05) is 12.8 Å². The number of nitrogens with one attached hydrogen (secondary N) is 1. The maximum atomic E-state index is 12.6. The largest absolute Gasteiger partial charge is 0.352 e. The molecule has 126 valence electrons. The second-order valence-electron chi connectivity index (χ2n) is 7.23. The highest BCUT2D eigenvalue weighted by Crippen LogP contribution is 2.30. The van der Waals surface area contributed by atoms with Gasteiger partial charge in [-0.15, -0.1) is 11.8 Å². The van der Waals surface area contributed by atoms with Gasteiger partial charge in [0.1, 0.15) is 6.04 Å². The summed E-state index contributed by atoms with van der Waals surface area (Å²) in [6.07, 6.45) is 4.26. The Kier molecular flexibility index (Phi) is 5.77. The normalized spacial score (nSPS) is 23.3. The third-order valence-electron chi connectivity index (χ3n) is 5.08. The van der Waals surface area contributed by atoms with Crippen LogP contribution in [0.15, 0.2) is 0 Å². The monoisotopic (exact) mass is 327 g/mol. The molecule has 0 aromatic rings. The van der Waals surface area contributed by atoms with Crippen LogP contribution in [0.1, 0.15) is 39.5 Å². The van der Waals surface area contributed by atoms with Crippen LogP contribution in [-0.2, 0) is 9.59 Å². The predicted molar refractivity (Wildman–Crippen MR) is 90.7 cm³/mol. The quantitative estimate of drug-likeness (QED) is 0.832. The molecule has 5 nitrogen and oxygen atoms in total. The van der Waals surface area contributed by atoms with Crippen molar-refractivity contribution in [3.05, 3.63) is 0 Å². The van der Waals surface area contributed by atoms with Crippen molar-refractivity contribution in [1.82, 2.24) is 15.1 Å². The summed E-state index contributed by atoms with van der Waals surface area (Å²) in [6.45, 7) is 4.78. The number of likely N-dealkylation sites (N-methyl/N-ethyl adjacent to an activating group) is 1. The number of amides is 2. The van der Waals surface area contributed by atoms with Crippen molar-refractivity contribution in [2.24, 2.45) is 5.92 Å². The Labute approximate surface area is 138 Å². The molecular weight excluding hydrogens is 298 g/mol. The Morgan fingerprint density at radius 3 is 2.50 bits per heavy atom. The molecule has 1 heterocycles. The van der Waals surface area contributed by atoms with E-state index in [4.69, 9.17) is 0 Å². The first-order valence-electron chi connectivity index (χ1n) is 8.16. The number of thioether (sulfide) groups is 1. The summed E-state index contributed by atoms with van der Waals surface area (Å²) < 4.78 is 0. The molecule has 0 spiro atoms. The molecule has 2 aliphatic rings. The van der Waals surface area contributed by atoms with E-state index in [9.17, 15) is 9.59 Å². The van der Waals surface area contributed by atoms with Crippen LogP contribution in [-0.4, -0.2) is 65.5 Å². The number of nitrogens with zero attached hydrogens (tertiary/aromatic N) is 2. The van der Waals surface area contributed by atoms with E-state index in [0.29, 0.717) is 18.2 Å². The van der Waals surface area contributed by atoms with Crippen molar-refractivity contribution in [2.75, 3.05) is 32.3 Å². The third kappa shape index (κ3) is 3.96. The molecule has 1 saturated carbocycles. The highest BCUT2D eigenvalue weighted by Gasteiger charge is 2.38. The molecule has 22 heavy (non-hydrogen) atoms. The Balaban J connectivity index is 1.92. The number of hydrogen-bond donors (Lipinski definition) is 1. The minimum absolute atomic E-state index is 0.00808. The molecule has 1 atom stereocenters. The first kappa shape index (κ1) is 17.6. The van der Waals surface area contributed by atoms with Crippen molar-refractivity contribution >= 4 is 23.6 Å². The Morgan fingerprint density at radius 2 is 1.91 bits per heavy atom. The van der Waals surface area contributed by atoms with Crippen molar-refractivity contribution in [1.29, 1.82) is 0 Å². The van der Waals surface area contributed by atoms with Crippen molar-refractivity contribution in [3.8, 4) is 0 Å². The van der Waals surface area contributed by atoms with Gasteiger partial charge < -0.3 is 15.1 Å². The van der Waals surface area contributed by atoms with Gasteiger partial charge in [0.2, 0.25) is 11.8 Å². The molecule has 2 fully saturated rings. The zero-order valence-electron chi connectivity index (χ0n) is 14.2. The Hall–Kier alpha value is -0.750. The van der Waals surface area contributed by atoms with E-state index in [0.717, 1.165) is 25.7 Å². The summed E-state index contributed by atoms with van der Waals surface area (Å²) >= 11 is 1.68. The molecule has 1 saturated heterocycles. The van der Waals surface area contributed by atoms with Gasteiger partial charge >= 0.3 is 0 Å². The maximum Gasteiger partial charge on any atom is 0.243 e. The van der Waals surface area contributed by atoms with Crippen LogP contribution in [0.2, 0.25) is 0 Å². The lowest BCUT2D eigenvalue weighted by molar-refractivity contribution is -0.141. The second kappa shape index (κ2) is 7.21. The van der Waals surface area contributed by atoms with E-state index in [1.54, 1.807) is 16.7 Å². The van der Waals surface area contributed by atoms with Crippen molar-refractivity contribution in [2.45, 2.75) is 51.1 Å². The molecule has 2 rings (SSSR count). The number of carbonyl (C=O) groups is 2. The summed E-state index contributed by atoms with van der Waals surface area (Å²) in [5.41, 5.74) is -0.0955. The highest BCUT2D eigenvalue weighted by atomic mass is 32.2. The van der Waals surface area contributed by atoms with Crippen LogP contribution >= 0.6 is 11.8 Å². The second-order valence-corrected chi connectivity index (χ2v) is 8.23. The minimum Gasteiger partial charge on any atom is -0.352 e. The Bertz CT molecular complexity index is 420. The van der Waals surface area contributed by atoms with Crippen LogP contribution in [0.25, 0.3) is 0 Å². The van der Waals surface area contributed by atoms with Crippen LogP contribution in [0, 0.1) is 5.92 Å². The average Bonchev–Trinajstić information content (AvgIpc) is 3.14. The van der Waals surface area contributed by atoms with E-state index >= 15 is 0 Å². The summed E-state index contributed by atoms with van der Waals surface area (Å²) in [4.78, 5) is 29.0. The zero-order chi connectivity index (χ0) is 16.3. The summed E-state index contributed by atoms with van der Waals surface area (Å²) in [5.74, 6) is 1.70. The lowest BCUT2D eigenvalue weighted by Crippen LogP contribution is -2.53. The molecular formula is C16H29N3O2S. The SMILES string of the molecule is CN(C)C(C)(C)CNC(=O)[C@H]1CSCN1C(=O)C1CCCC1. The molecule has 0 unspecified atom stereocenters. The van der Waals surface area contributed by atoms with Crippen LogP contribution in [0.5, 0.6) is 0 Å². The topological polar surface area (TPSA) is 52.7 Å². The van der Waals surface area contributed by atoms with E-state index in [-0.39, 0.29) is 29.3 Å². The van der Waals surface area contributed by atoms with Crippen molar-refractivity contribution in [3.63, 3.8) is 0 Å². The summed E-state index contributed by atoms with van der Waals surface area (Å²) in [7, 11) is 4.01. The molecule has 1 N–H and O–H groups in total. The van der Waals surface area contributed by atoms with E-state index in [2.05, 4.69) is 24.1 Å². The first-order valence-corrected chi connectivity index (χ1v) is 9.32. The maximum absolute atomic E-state index is 12.6. The molecule has 6 heteroatoms. The fraction of sp³-hybridized carbons (Fsp3) is 0.875. The molecule has 1 aliphatic heterocycles. The number of rotatable bonds is 5. The minimum atomic E-state index is -0.295. The van der Waals surface area contributed by atoms with Gasteiger partial charge in [0.05, 0.1) is 5.88 Å². The van der Waals surface area contributed by atoms with E-state index in [1.807, 2.05) is 14.1 Å². The fourth-order valence-electron chi connectivity index (χ4n) is 2.86. The molecule has 0 aromatic heterocycles. The lowest BCUT2D eigenvalue weighted by Gasteiger charge is -2.33. The molecule has 0 bridgehead atoms. The summed E-state index contributed by atoms with van der Waals surface area (Å²) in [5, 5.41) is 3.03. The van der Waals surface area contributed by atoms with Crippen LogP contribution in [0.3, 0.4) is 0 Å². The first-order chi connectivity index (χ1) is 10.3. The fourth-order valence-corrected chi connectivity index (χ4v) is 4.03. The smallest absolute Gasteiger partial charge is 0.243 e. The van der Waals surface area contributed by atoms with Gasteiger partial charge in [-0.2, -0.15) is 0 Å². The number of hydrogen-bond acceptors (Lipinski definition) is 4. The molecule has 0 aromatic carbocycles. The number of carbonyl (C=O) groups excluding carboxylic acids is 2. The zero-order valence-corrected chi connectivity index (χ0v) is 15.0. The summed E-state index contributed by atoms with van der Waals surface area (Å²) in [6, 6.07) is -0.295. The average molecular weight is 327 g/mol. The predicted octanol–water partition coefficient (Wildman–Crippen LogP) is 1.53. The molecule has 0 radical (unpaired) electrons. The third-order valence-corrected chi connectivity index (χ3v) is 6.09. The van der Waals surface area contributed by atoms with Gasteiger partial charge in [0.15, 0.2) is 0 Å². The van der Waals surface area contributed by atoms with Crippen LogP contribution < -0.4 is 5.32 Å². The lowest BCUT2D eigenvalue weighted by atomic mass is 10.0. The highest BCUT2D eigenvalue weighted by molar-refractivity contribution is 7.99. The van der Waals surface area contributed by atoms with Crippen molar-refractivity contribution < 1.29 is 9.59 Å². The van der Waals surface area contributed by atoms with Gasteiger partial charge in [0.25, 0.3) is 0 Å². The van der Waals surface area contributed by atoms with Crippen LogP contribution in [0.4, 0.5) is 0 Å². The standard InChI is InChI=1S/C16H29N3O2S/c1-16(2,18(3)4)10-17-14(20)13-9-22-11-19(13)15(21)12-7-5-6-8-12/h12-13H,5-11H2,1-4H3,(H,17,20)/t13-/m1/s1. The van der Waals surface area contributed by atoms with Gasteiger partial charge in [-0.05, 0) is 40.8 Å². The molecule has 1 aliphatic carbocycles. The van der Waals surface area contributed by atoms with Gasteiger partial charge in [-0.25, -0.2) is 0 Å². The van der Waals surface area contributed by atoms with E-state index in [1.165, 1.54) is 0 Å². The Morgan fingerprint density at radius 1 is 1.27 bits per heavy atom. The van der Waals surface area contributed by atoms with Gasteiger partial charge in [-0.3, -0.25) is 9.59 Å². The molecule has 2 amide bonds. The van der Waals surface area contributed by atoms with E-state index < -0.39 is 0 Å². The van der Waals surface area contributed by atoms with Gasteiger partial charge in [0, 0.05) is 23.8 Å².